The lowest BCUT2D eigenvalue weighted by atomic mass is 10.0. The van der Waals surface area contributed by atoms with Gasteiger partial charge in [-0.15, -0.1) is 0 Å². The number of pyridine rings is 1. The first-order valence-electron chi connectivity index (χ1n) is 12.7. The van der Waals surface area contributed by atoms with E-state index >= 15 is 0 Å². The molecule has 1 fully saturated rings. The molecule has 1 aliphatic carbocycles. The van der Waals surface area contributed by atoms with Crippen LogP contribution in [0.4, 0.5) is 15.8 Å². The number of nitrogens with zero attached hydrogens (tertiary/aromatic N) is 1. The summed E-state index contributed by atoms with van der Waals surface area (Å²) in [6.45, 7) is 0.426. The zero-order valence-corrected chi connectivity index (χ0v) is 21.8. The molecule has 4 aromatic rings. The average molecular weight is 546 g/mol. The molecule has 0 spiro atoms. The van der Waals surface area contributed by atoms with E-state index in [-0.39, 0.29) is 19.8 Å². The van der Waals surface area contributed by atoms with Gasteiger partial charge in [-0.05, 0) is 79.6 Å². The van der Waals surface area contributed by atoms with Crippen molar-refractivity contribution < 1.29 is 33.3 Å². The van der Waals surface area contributed by atoms with Crippen LogP contribution in [0.3, 0.4) is 0 Å². The van der Waals surface area contributed by atoms with Crippen LogP contribution in [0.15, 0.2) is 72.9 Å². The third-order valence-electron chi connectivity index (χ3n) is 6.66. The molecule has 0 aliphatic heterocycles. The fraction of sp³-hybridized carbons (Fsp3) is 0.233. The predicted octanol–water partition coefficient (Wildman–Crippen LogP) is 5.04. The maximum Gasteiger partial charge on any atom is 0.240 e. The number of aliphatic hydroxyl groups excluding tert-OH is 1. The second kappa shape index (κ2) is 11.7. The highest BCUT2D eigenvalue weighted by Gasteiger charge is 2.56. The van der Waals surface area contributed by atoms with E-state index in [9.17, 15) is 14.0 Å². The van der Waals surface area contributed by atoms with Crippen LogP contribution in [0.25, 0.3) is 10.9 Å². The molecule has 3 N–H and O–H groups in total. The van der Waals surface area contributed by atoms with E-state index in [0.717, 1.165) is 10.9 Å². The highest BCUT2D eigenvalue weighted by atomic mass is 19.1. The minimum atomic E-state index is -1.15. The van der Waals surface area contributed by atoms with Crippen LogP contribution in [0, 0.1) is 11.2 Å². The second-order valence-corrected chi connectivity index (χ2v) is 9.39. The third kappa shape index (κ3) is 5.88. The number of ether oxygens (including phenoxy) is 3. The lowest BCUT2D eigenvalue weighted by Crippen LogP contribution is -2.35. The molecule has 1 aromatic heterocycles. The SMILES string of the molecule is COc1cc2c(Oc3ccc(NC(=O)C4(C(=O)Nc5ccc(F)cc5)CC4)cc3)ccnc2cc1COCCO. The van der Waals surface area contributed by atoms with Gasteiger partial charge in [-0.2, -0.15) is 0 Å². The van der Waals surface area contributed by atoms with E-state index in [0.29, 0.717) is 47.0 Å². The molecule has 0 saturated heterocycles. The minimum absolute atomic E-state index is 0.0671. The summed E-state index contributed by atoms with van der Waals surface area (Å²) < 4.78 is 30.2. The van der Waals surface area contributed by atoms with E-state index in [4.69, 9.17) is 19.3 Å². The number of fused-ring (bicyclic) bond motifs is 1. The number of hydrogen-bond acceptors (Lipinski definition) is 7. The number of nitrogens with one attached hydrogen (secondary N) is 2. The second-order valence-electron chi connectivity index (χ2n) is 9.39. The van der Waals surface area contributed by atoms with Crippen molar-refractivity contribution in [3.8, 4) is 17.2 Å². The molecule has 0 radical (unpaired) electrons. The van der Waals surface area contributed by atoms with Crippen molar-refractivity contribution in [2.75, 3.05) is 31.0 Å². The van der Waals surface area contributed by atoms with E-state index < -0.39 is 23.0 Å². The Bertz CT molecular complexity index is 1520. The van der Waals surface area contributed by atoms with Crippen LogP contribution in [0.1, 0.15) is 18.4 Å². The van der Waals surface area contributed by atoms with Gasteiger partial charge < -0.3 is 30.0 Å². The molecule has 0 unspecified atom stereocenters. The van der Waals surface area contributed by atoms with Gasteiger partial charge in [-0.25, -0.2) is 4.39 Å². The van der Waals surface area contributed by atoms with Crippen molar-refractivity contribution in [1.82, 2.24) is 4.98 Å². The van der Waals surface area contributed by atoms with Gasteiger partial charge in [0.25, 0.3) is 0 Å². The number of rotatable bonds is 11. The van der Waals surface area contributed by atoms with E-state index in [2.05, 4.69) is 15.6 Å². The van der Waals surface area contributed by atoms with Crippen LogP contribution in [0.2, 0.25) is 0 Å². The number of aromatic nitrogens is 1. The number of hydrogen-bond donors (Lipinski definition) is 3. The molecule has 0 bridgehead atoms. The molecule has 10 heteroatoms. The summed E-state index contributed by atoms with van der Waals surface area (Å²) in [7, 11) is 1.57. The first-order valence-corrected chi connectivity index (χ1v) is 12.7. The van der Waals surface area contributed by atoms with Crippen LogP contribution >= 0.6 is 0 Å². The number of methoxy groups -OCH3 is 1. The number of aliphatic hydroxyl groups is 1. The summed E-state index contributed by atoms with van der Waals surface area (Å²) in [6, 6.07) is 17.7. The Morgan fingerprint density at radius 3 is 2.20 bits per heavy atom. The van der Waals surface area contributed by atoms with Gasteiger partial charge in [-0.3, -0.25) is 14.6 Å². The highest BCUT2D eigenvalue weighted by molar-refractivity contribution is 6.16. The van der Waals surface area contributed by atoms with Gasteiger partial charge in [0.1, 0.15) is 28.5 Å². The van der Waals surface area contributed by atoms with Gasteiger partial charge in [-0.1, -0.05) is 0 Å². The molecule has 5 rings (SSSR count). The fourth-order valence-electron chi connectivity index (χ4n) is 4.28. The number of amides is 2. The molecular weight excluding hydrogens is 517 g/mol. The fourth-order valence-corrected chi connectivity index (χ4v) is 4.28. The summed E-state index contributed by atoms with van der Waals surface area (Å²) in [5.41, 5.74) is 1.29. The van der Waals surface area contributed by atoms with Crippen molar-refractivity contribution >= 4 is 34.1 Å². The standard InChI is InChI=1S/C30H28FN3O6/c1-38-27-17-24-25(16-19(27)18-39-15-14-35)32-13-10-26(24)40-23-8-6-22(7-9-23)34-29(37)30(11-12-30)28(36)33-21-4-2-20(31)3-5-21/h2-10,13,16-17,35H,11-12,14-15,18H2,1H3,(H,33,36)(H,34,37). The van der Waals surface area contributed by atoms with Crippen molar-refractivity contribution in [3.05, 3.63) is 84.3 Å². The first-order chi connectivity index (χ1) is 19.4. The molecule has 40 heavy (non-hydrogen) atoms. The molecule has 9 nitrogen and oxygen atoms in total. The molecular formula is C30H28FN3O6. The Labute approximate surface area is 229 Å². The number of carbonyl (C=O) groups is 2. The smallest absolute Gasteiger partial charge is 0.240 e. The van der Waals surface area contributed by atoms with Gasteiger partial charge >= 0.3 is 0 Å². The molecule has 1 aliphatic rings. The van der Waals surface area contributed by atoms with E-state index in [1.807, 2.05) is 12.1 Å². The van der Waals surface area contributed by atoms with Crippen LogP contribution in [-0.2, 0) is 20.9 Å². The molecule has 2 amide bonds. The highest BCUT2D eigenvalue weighted by Crippen LogP contribution is 2.47. The summed E-state index contributed by atoms with van der Waals surface area (Å²) in [5, 5.41) is 15.2. The Kier molecular flexibility index (Phi) is 7.90. The topological polar surface area (TPSA) is 119 Å². The third-order valence-corrected chi connectivity index (χ3v) is 6.66. The van der Waals surface area contributed by atoms with Gasteiger partial charge in [0, 0.05) is 28.5 Å². The van der Waals surface area contributed by atoms with Crippen molar-refractivity contribution in [2.45, 2.75) is 19.4 Å². The largest absolute Gasteiger partial charge is 0.496 e. The van der Waals surface area contributed by atoms with Crippen LogP contribution in [-0.4, -0.2) is 42.2 Å². The van der Waals surface area contributed by atoms with Crippen molar-refractivity contribution in [3.63, 3.8) is 0 Å². The van der Waals surface area contributed by atoms with Gasteiger partial charge in [0.05, 0.1) is 32.4 Å². The maximum absolute atomic E-state index is 13.1. The first kappa shape index (κ1) is 27.0. The quantitative estimate of drug-likeness (QED) is 0.178. The monoisotopic (exact) mass is 545 g/mol. The lowest BCUT2D eigenvalue weighted by molar-refractivity contribution is -0.131. The molecule has 0 atom stereocenters. The van der Waals surface area contributed by atoms with Crippen LogP contribution < -0.4 is 20.1 Å². The Hall–Kier alpha value is -4.54. The summed E-state index contributed by atoms with van der Waals surface area (Å²) in [4.78, 5) is 30.2. The molecule has 3 aromatic carbocycles. The molecule has 1 heterocycles. The van der Waals surface area contributed by atoms with E-state index in [1.165, 1.54) is 24.3 Å². The number of halogens is 1. The lowest BCUT2D eigenvalue weighted by Gasteiger charge is -2.16. The van der Waals surface area contributed by atoms with E-state index in [1.54, 1.807) is 43.6 Å². The molecule has 1 saturated carbocycles. The number of anilines is 2. The van der Waals surface area contributed by atoms with Crippen molar-refractivity contribution in [1.29, 1.82) is 0 Å². The predicted molar refractivity (Wildman–Crippen MR) is 147 cm³/mol. The minimum Gasteiger partial charge on any atom is -0.496 e. The average Bonchev–Trinajstić information content (AvgIpc) is 3.78. The number of carbonyl (C=O) groups excluding carboxylic acids is 2. The van der Waals surface area contributed by atoms with Gasteiger partial charge in [0.2, 0.25) is 11.8 Å². The normalized spacial score (nSPS) is 13.5. The van der Waals surface area contributed by atoms with Gasteiger partial charge in [0.15, 0.2) is 0 Å². The zero-order valence-electron chi connectivity index (χ0n) is 21.8. The maximum atomic E-state index is 13.1. The Morgan fingerprint density at radius 2 is 1.60 bits per heavy atom. The Balaban J connectivity index is 1.26. The summed E-state index contributed by atoms with van der Waals surface area (Å²) >= 11 is 0. The summed E-state index contributed by atoms with van der Waals surface area (Å²) in [5.74, 6) is 0.494. The Morgan fingerprint density at radius 1 is 0.950 bits per heavy atom. The van der Waals surface area contributed by atoms with Crippen molar-refractivity contribution in [2.24, 2.45) is 5.41 Å². The van der Waals surface area contributed by atoms with Crippen LogP contribution in [0.5, 0.6) is 17.2 Å². The zero-order chi connectivity index (χ0) is 28.1. The number of benzene rings is 3. The molecule has 206 valence electrons. The summed E-state index contributed by atoms with van der Waals surface area (Å²) in [6.07, 6.45) is 2.50.